The van der Waals surface area contributed by atoms with Gasteiger partial charge in [0.2, 0.25) is 11.1 Å². The number of thioether (sulfide) groups is 1. The molecule has 1 atom stereocenters. The molecule has 0 radical (unpaired) electrons. The third-order valence-corrected chi connectivity index (χ3v) is 5.23. The lowest BCUT2D eigenvalue weighted by atomic mass is 9.73. The largest absolute Gasteiger partial charge is 0.328 e. The Labute approximate surface area is 153 Å². The Bertz CT molecular complexity index is 930. The van der Waals surface area contributed by atoms with Gasteiger partial charge in [0.25, 0.3) is 0 Å². The molecular formula is C18H18F2N4OS. The van der Waals surface area contributed by atoms with Crippen molar-refractivity contribution in [2.45, 2.75) is 37.9 Å². The summed E-state index contributed by atoms with van der Waals surface area (Å²) >= 11 is 1.37. The normalized spacial score (nSPS) is 21.3. The molecule has 0 fully saturated rings. The van der Waals surface area contributed by atoms with Crippen molar-refractivity contribution in [2.24, 2.45) is 5.41 Å². The Balaban J connectivity index is 1.94. The van der Waals surface area contributed by atoms with E-state index in [0.29, 0.717) is 35.1 Å². The van der Waals surface area contributed by atoms with Crippen LogP contribution in [0.4, 0.5) is 14.7 Å². The summed E-state index contributed by atoms with van der Waals surface area (Å²) in [5.41, 5.74) is 1.43. The lowest BCUT2D eigenvalue weighted by Gasteiger charge is -2.38. The number of rotatable bonds is 2. The lowest BCUT2D eigenvalue weighted by Crippen LogP contribution is -2.36. The molecule has 1 aromatic carbocycles. The Kier molecular flexibility index (Phi) is 3.91. The van der Waals surface area contributed by atoms with E-state index in [1.807, 2.05) is 20.1 Å². The SMILES string of the molecule is CSc1nc2n(n1)[C@H](c1cc(F)cc(F)c1)C1=C(CC(C)(C)CC1=O)N2. The highest BCUT2D eigenvalue weighted by Gasteiger charge is 2.42. The van der Waals surface area contributed by atoms with Crippen LogP contribution in [0.1, 0.15) is 38.3 Å². The molecule has 4 rings (SSSR count). The van der Waals surface area contributed by atoms with Gasteiger partial charge in [-0.05, 0) is 35.8 Å². The summed E-state index contributed by atoms with van der Waals surface area (Å²) in [6, 6.07) is 2.63. The second kappa shape index (κ2) is 5.90. The Hall–Kier alpha value is -2.22. The molecule has 136 valence electrons. The zero-order chi connectivity index (χ0) is 18.6. The number of anilines is 1. The highest BCUT2D eigenvalue weighted by Crippen LogP contribution is 2.45. The molecule has 5 nitrogen and oxygen atoms in total. The van der Waals surface area contributed by atoms with Gasteiger partial charge in [-0.25, -0.2) is 13.5 Å². The number of aromatic nitrogens is 3. The molecule has 8 heteroatoms. The number of benzene rings is 1. The van der Waals surface area contributed by atoms with Gasteiger partial charge in [-0.15, -0.1) is 5.10 Å². The van der Waals surface area contributed by atoms with E-state index in [1.54, 1.807) is 4.68 Å². The maximum absolute atomic E-state index is 13.9. The molecule has 0 bridgehead atoms. The van der Waals surface area contributed by atoms with Crippen LogP contribution in [0.25, 0.3) is 0 Å². The topological polar surface area (TPSA) is 59.8 Å². The van der Waals surface area contributed by atoms with Crippen molar-refractivity contribution >= 4 is 23.5 Å². The first-order chi connectivity index (χ1) is 12.3. The van der Waals surface area contributed by atoms with Crippen LogP contribution in [0.15, 0.2) is 34.6 Å². The molecule has 0 saturated carbocycles. The van der Waals surface area contributed by atoms with E-state index < -0.39 is 17.7 Å². The van der Waals surface area contributed by atoms with Crippen LogP contribution in [0.2, 0.25) is 0 Å². The third-order valence-electron chi connectivity index (χ3n) is 4.70. The van der Waals surface area contributed by atoms with E-state index in [-0.39, 0.29) is 11.2 Å². The van der Waals surface area contributed by atoms with Gasteiger partial charge in [-0.1, -0.05) is 25.6 Å². The summed E-state index contributed by atoms with van der Waals surface area (Å²) in [6.45, 7) is 4.06. The van der Waals surface area contributed by atoms with E-state index >= 15 is 0 Å². The van der Waals surface area contributed by atoms with Crippen molar-refractivity contribution in [2.75, 3.05) is 11.6 Å². The fraction of sp³-hybridized carbons (Fsp3) is 0.389. The van der Waals surface area contributed by atoms with Gasteiger partial charge in [0.05, 0.1) is 0 Å². The summed E-state index contributed by atoms with van der Waals surface area (Å²) in [7, 11) is 0. The highest BCUT2D eigenvalue weighted by molar-refractivity contribution is 7.98. The first-order valence-corrected chi connectivity index (χ1v) is 9.50. The first-order valence-electron chi connectivity index (χ1n) is 8.27. The summed E-state index contributed by atoms with van der Waals surface area (Å²) < 4.78 is 29.3. The highest BCUT2D eigenvalue weighted by atomic mass is 32.2. The number of Topliss-reactive ketones (excluding diaryl/α,β-unsaturated/α-hetero) is 1. The molecule has 26 heavy (non-hydrogen) atoms. The molecule has 1 aliphatic carbocycles. The third kappa shape index (κ3) is 2.82. The maximum Gasteiger partial charge on any atom is 0.227 e. The monoisotopic (exact) mass is 376 g/mol. The van der Waals surface area contributed by atoms with Crippen LogP contribution >= 0.6 is 11.8 Å². The zero-order valence-corrected chi connectivity index (χ0v) is 15.5. The number of allylic oxidation sites excluding steroid dienone is 2. The molecule has 2 heterocycles. The molecule has 2 aromatic rings. The van der Waals surface area contributed by atoms with Crippen molar-refractivity contribution < 1.29 is 13.6 Å². The number of hydrogen-bond donors (Lipinski definition) is 1. The molecule has 0 amide bonds. The standard InChI is InChI=1S/C18H18F2N4OS/c1-18(2)7-12-14(13(25)8-18)15(9-4-10(19)6-11(20)5-9)24-16(21-12)22-17(23-24)26-3/h4-6,15H,7-8H2,1-3H3,(H,21,22,23)/t15-/m1/s1. The molecule has 1 N–H and O–H groups in total. The number of ketones is 1. The number of nitrogens with one attached hydrogen (secondary N) is 1. The smallest absolute Gasteiger partial charge is 0.227 e. The molecule has 0 unspecified atom stereocenters. The van der Waals surface area contributed by atoms with Crippen LogP contribution in [0.3, 0.4) is 0 Å². The van der Waals surface area contributed by atoms with Crippen LogP contribution in [-0.2, 0) is 4.79 Å². The molecule has 1 aromatic heterocycles. The predicted molar refractivity (Wildman–Crippen MR) is 95.0 cm³/mol. The Morgan fingerprint density at radius 1 is 1.23 bits per heavy atom. The molecule has 1 aliphatic heterocycles. The van der Waals surface area contributed by atoms with Crippen molar-refractivity contribution in [1.82, 2.24) is 14.8 Å². The van der Waals surface area contributed by atoms with Gasteiger partial charge in [-0.2, -0.15) is 4.98 Å². The number of carbonyl (C=O) groups is 1. The van der Waals surface area contributed by atoms with Gasteiger partial charge in [0, 0.05) is 23.8 Å². The summed E-state index contributed by atoms with van der Waals surface area (Å²) in [4.78, 5) is 17.4. The second-order valence-electron chi connectivity index (χ2n) is 7.43. The Morgan fingerprint density at radius 3 is 2.58 bits per heavy atom. The molecule has 0 saturated heterocycles. The lowest BCUT2D eigenvalue weighted by molar-refractivity contribution is -0.118. The predicted octanol–water partition coefficient (Wildman–Crippen LogP) is 3.94. The van der Waals surface area contributed by atoms with Gasteiger partial charge in [-0.3, -0.25) is 4.79 Å². The van der Waals surface area contributed by atoms with Crippen LogP contribution in [0, 0.1) is 17.0 Å². The summed E-state index contributed by atoms with van der Waals surface area (Å²) in [5, 5.41) is 8.17. The Morgan fingerprint density at radius 2 is 1.92 bits per heavy atom. The van der Waals surface area contributed by atoms with Gasteiger partial charge < -0.3 is 5.32 Å². The van der Waals surface area contributed by atoms with E-state index in [4.69, 9.17) is 0 Å². The zero-order valence-electron chi connectivity index (χ0n) is 14.6. The first kappa shape index (κ1) is 17.2. The second-order valence-corrected chi connectivity index (χ2v) is 8.20. The minimum absolute atomic E-state index is 0.0368. The summed E-state index contributed by atoms with van der Waals surface area (Å²) in [6.07, 6.45) is 2.88. The minimum atomic E-state index is -0.691. The molecular weight excluding hydrogens is 358 g/mol. The molecule has 0 spiro atoms. The number of nitrogens with zero attached hydrogens (tertiary/aromatic N) is 3. The number of fused-ring (bicyclic) bond motifs is 1. The summed E-state index contributed by atoms with van der Waals surface area (Å²) in [5.74, 6) is -0.925. The average Bonchev–Trinajstić information content (AvgIpc) is 2.93. The van der Waals surface area contributed by atoms with Crippen LogP contribution in [-0.4, -0.2) is 26.8 Å². The van der Waals surface area contributed by atoms with E-state index in [0.717, 1.165) is 11.8 Å². The number of hydrogen-bond acceptors (Lipinski definition) is 5. The van der Waals surface area contributed by atoms with E-state index in [2.05, 4.69) is 15.4 Å². The van der Waals surface area contributed by atoms with Crippen LogP contribution < -0.4 is 5.32 Å². The van der Waals surface area contributed by atoms with Crippen molar-refractivity contribution in [3.05, 3.63) is 46.7 Å². The fourth-order valence-electron chi connectivity index (χ4n) is 3.72. The minimum Gasteiger partial charge on any atom is -0.328 e. The van der Waals surface area contributed by atoms with Gasteiger partial charge in [0.1, 0.15) is 17.7 Å². The van der Waals surface area contributed by atoms with Crippen molar-refractivity contribution in [3.8, 4) is 0 Å². The van der Waals surface area contributed by atoms with E-state index in [9.17, 15) is 13.6 Å². The van der Waals surface area contributed by atoms with Crippen molar-refractivity contribution in [1.29, 1.82) is 0 Å². The fourth-order valence-corrected chi connectivity index (χ4v) is 4.06. The average molecular weight is 376 g/mol. The molecule has 2 aliphatic rings. The van der Waals surface area contributed by atoms with Gasteiger partial charge in [0.15, 0.2) is 5.78 Å². The number of halogens is 2. The number of carbonyl (C=O) groups excluding carboxylic acids is 1. The van der Waals surface area contributed by atoms with Crippen LogP contribution in [0.5, 0.6) is 0 Å². The maximum atomic E-state index is 13.9. The van der Waals surface area contributed by atoms with E-state index in [1.165, 1.54) is 23.9 Å². The van der Waals surface area contributed by atoms with Gasteiger partial charge >= 0.3 is 0 Å². The quantitative estimate of drug-likeness (QED) is 0.805. The van der Waals surface area contributed by atoms with Crippen molar-refractivity contribution in [3.63, 3.8) is 0 Å².